The van der Waals surface area contributed by atoms with Crippen LogP contribution in [-0.2, 0) is 6.54 Å². The maximum absolute atomic E-state index is 12.6. The summed E-state index contributed by atoms with van der Waals surface area (Å²) in [5.41, 5.74) is 1.57. The molecule has 30 heavy (non-hydrogen) atoms. The molecule has 0 fully saturated rings. The fraction of sp³-hybridized carbons (Fsp3) is 0.375. The van der Waals surface area contributed by atoms with E-state index in [1.807, 2.05) is 35.2 Å². The van der Waals surface area contributed by atoms with Crippen molar-refractivity contribution in [3.8, 4) is 11.8 Å². The first-order valence-electron chi connectivity index (χ1n) is 10.4. The maximum atomic E-state index is 12.6. The quantitative estimate of drug-likeness (QED) is 0.403. The highest BCUT2D eigenvalue weighted by atomic mass is 32.1. The Bertz CT molecular complexity index is 832. The molecule has 0 aromatic heterocycles. The second-order valence-corrected chi connectivity index (χ2v) is 7.39. The highest BCUT2D eigenvalue weighted by molar-refractivity contribution is 7.80. The van der Waals surface area contributed by atoms with Gasteiger partial charge in [-0.25, -0.2) is 0 Å². The second-order valence-electron chi connectivity index (χ2n) is 7.01. The molecule has 2 aromatic rings. The van der Waals surface area contributed by atoms with Crippen molar-refractivity contribution in [2.24, 2.45) is 0 Å². The summed E-state index contributed by atoms with van der Waals surface area (Å²) in [5.74, 6) is 0.481. The fourth-order valence-electron chi connectivity index (χ4n) is 2.91. The molecule has 0 heterocycles. The standard InChI is InChI=1S/C24H29N3O2S/c1-2-3-4-8-18-29-22-14-12-21(13-15-22)23(28)26-24(30)27(17-9-16-25)19-20-10-6-5-7-11-20/h5-7,10-15H,2-4,8-9,17-19H2,1H3,(H,26,28,30). The third-order valence-electron chi connectivity index (χ3n) is 4.60. The number of benzene rings is 2. The Kier molecular flexibility index (Phi) is 10.4. The van der Waals surface area contributed by atoms with E-state index in [-0.39, 0.29) is 5.91 Å². The summed E-state index contributed by atoms with van der Waals surface area (Å²) in [6.45, 7) is 3.85. The molecule has 6 heteroatoms. The Morgan fingerprint density at radius 3 is 2.50 bits per heavy atom. The van der Waals surface area contributed by atoms with E-state index in [1.54, 1.807) is 24.3 Å². The normalized spacial score (nSPS) is 10.1. The van der Waals surface area contributed by atoms with Crippen LogP contribution in [0.5, 0.6) is 5.75 Å². The van der Waals surface area contributed by atoms with E-state index >= 15 is 0 Å². The van der Waals surface area contributed by atoms with Gasteiger partial charge in [-0.15, -0.1) is 0 Å². The summed E-state index contributed by atoms with van der Waals surface area (Å²) in [6, 6.07) is 19.0. The number of rotatable bonds is 11. The summed E-state index contributed by atoms with van der Waals surface area (Å²) >= 11 is 5.44. The smallest absolute Gasteiger partial charge is 0.257 e. The Morgan fingerprint density at radius 2 is 1.83 bits per heavy atom. The molecular weight excluding hydrogens is 394 g/mol. The lowest BCUT2D eigenvalue weighted by molar-refractivity contribution is 0.0973. The third-order valence-corrected chi connectivity index (χ3v) is 4.96. The fourth-order valence-corrected chi connectivity index (χ4v) is 3.16. The van der Waals surface area contributed by atoms with Crippen LogP contribution in [0.4, 0.5) is 0 Å². The van der Waals surface area contributed by atoms with Crippen LogP contribution >= 0.6 is 12.2 Å². The van der Waals surface area contributed by atoms with Gasteiger partial charge in [-0.2, -0.15) is 5.26 Å². The number of nitrogens with zero attached hydrogens (tertiary/aromatic N) is 2. The summed E-state index contributed by atoms with van der Waals surface area (Å²) in [4.78, 5) is 14.4. The van der Waals surface area contributed by atoms with Crippen LogP contribution in [-0.4, -0.2) is 29.1 Å². The van der Waals surface area contributed by atoms with Gasteiger partial charge >= 0.3 is 0 Å². The molecule has 0 saturated carbocycles. The molecular formula is C24H29N3O2S. The number of nitrogens with one attached hydrogen (secondary N) is 1. The van der Waals surface area contributed by atoms with Crippen molar-refractivity contribution in [3.63, 3.8) is 0 Å². The minimum Gasteiger partial charge on any atom is -0.494 e. The summed E-state index contributed by atoms with van der Waals surface area (Å²) in [6.07, 6.45) is 4.94. The van der Waals surface area contributed by atoms with Gasteiger partial charge in [0.05, 0.1) is 19.1 Å². The molecule has 0 saturated heterocycles. The van der Waals surface area contributed by atoms with Gasteiger partial charge in [-0.05, 0) is 48.5 Å². The number of hydrogen-bond donors (Lipinski definition) is 1. The van der Waals surface area contributed by atoms with E-state index in [1.165, 1.54) is 19.3 Å². The van der Waals surface area contributed by atoms with Gasteiger partial charge in [0.1, 0.15) is 5.75 Å². The number of carbonyl (C=O) groups is 1. The topological polar surface area (TPSA) is 65.4 Å². The zero-order valence-electron chi connectivity index (χ0n) is 17.5. The van der Waals surface area contributed by atoms with E-state index in [2.05, 4.69) is 18.3 Å². The van der Waals surface area contributed by atoms with Crippen LogP contribution in [0.15, 0.2) is 54.6 Å². The van der Waals surface area contributed by atoms with Gasteiger partial charge in [0, 0.05) is 18.7 Å². The third kappa shape index (κ3) is 8.22. The lowest BCUT2D eigenvalue weighted by Gasteiger charge is -2.24. The minimum absolute atomic E-state index is 0.274. The Hall–Kier alpha value is -2.91. The SMILES string of the molecule is CCCCCCOc1ccc(C(=O)NC(=S)N(CCC#N)Cc2ccccc2)cc1. The van der Waals surface area contributed by atoms with E-state index < -0.39 is 0 Å². The maximum Gasteiger partial charge on any atom is 0.257 e. The van der Waals surface area contributed by atoms with E-state index in [9.17, 15) is 4.79 Å². The van der Waals surface area contributed by atoms with Gasteiger partial charge in [-0.3, -0.25) is 10.1 Å². The van der Waals surface area contributed by atoms with E-state index in [0.29, 0.717) is 36.8 Å². The van der Waals surface area contributed by atoms with Gasteiger partial charge < -0.3 is 9.64 Å². The lowest BCUT2D eigenvalue weighted by atomic mass is 10.2. The molecule has 0 aliphatic carbocycles. The number of carbonyl (C=O) groups excluding carboxylic acids is 1. The van der Waals surface area contributed by atoms with Crippen LogP contribution < -0.4 is 10.1 Å². The predicted octanol–water partition coefficient (Wildman–Crippen LogP) is 5.08. The van der Waals surface area contributed by atoms with Gasteiger partial charge in [0.2, 0.25) is 0 Å². The van der Waals surface area contributed by atoms with Gasteiger partial charge in [0.25, 0.3) is 5.91 Å². The molecule has 5 nitrogen and oxygen atoms in total. The first-order valence-corrected chi connectivity index (χ1v) is 10.8. The number of hydrogen-bond acceptors (Lipinski definition) is 4. The zero-order valence-corrected chi connectivity index (χ0v) is 18.3. The molecule has 2 aromatic carbocycles. The van der Waals surface area contributed by atoms with Crippen molar-refractivity contribution in [2.45, 2.75) is 45.6 Å². The number of nitriles is 1. The minimum atomic E-state index is -0.274. The van der Waals surface area contributed by atoms with Crippen LogP contribution in [0.3, 0.4) is 0 Å². The Labute approximate surface area is 184 Å². The van der Waals surface area contributed by atoms with Crippen LogP contribution in [0.1, 0.15) is 54.9 Å². The average Bonchev–Trinajstić information content (AvgIpc) is 2.77. The van der Waals surface area contributed by atoms with Crippen molar-refractivity contribution in [1.82, 2.24) is 10.2 Å². The average molecular weight is 424 g/mol. The number of ether oxygens (including phenoxy) is 1. The van der Waals surface area contributed by atoms with Crippen molar-refractivity contribution in [1.29, 1.82) is 5.26 Å². The molecule has 1 N–H and O–H groups in total. The van der Waals surface area contributed by atoms with Crippen LogP contribution in [0, 0.1) is 11.3 Å². The summed E-state index contributed by atoms with van der Waals surface area (Å²) < 4.78 is 5.72. The number of thiocarbonyl (C=S) groups is 1. The van der Waals surface area contributed by atoms with Crippen molar-refractivity contribution in [3.05, 3.63) is 65.7 Å². The number of amides is 1. The van der Waals surface area contributed by atoms with Crippen molar-refractivity contribution in [2.75, 3.05) is 13.2 Å². The highest BCUT2D eigenvalue weighted by Crippen LogP contribution is 2.13. The lowest BCUT2D eigenvalue weighted by Crippen LogP contribution is -2.42. The molecule has 0 aliphatic heterocycles. The van der Waals surface area contributed by atoms with Crippen molar-refractivity contribution >= 4 is 23.2 Å². The monoisotopic (exact) mass is 423 g/mol. The molecule has 1 amide bonds. The first kappa shape index (κ1) is 23.4. The van der Waals surface area contributed by atoms with Crippen LogP contribution in [0.2, 0.25) is 0 Å². The Morgan fingerprint density at radius 1 is 1.10 bits per heavy atom. The molecule has 0 unspecified atom stereocenters. The van der Waals surface area contributed by atoms with E-state index in [0.717, 1.165) is 17.7 Å². The van der Waals surface area contributed by atoms with Crippen LogP contribution in [0.25, 0.3) is 0 Å². The highest BCUT2D eigenvalue weighted by Gasteiger charge is 2.14. The van der Waals surface area contributed by atoms with Gasteiger partial charge in [-0.1, -0.05) is 56.5 Å². The molecule has 2 rings (SSSR count). The van der Waals surface area contributed by atoms with E-state index in [4.69, 9.17) is 22.2 Å². The molecule has 158 valence electrons. The molecule has 0 bridgehead atoms. The molecule has 0 atom stereocenters. The number of unbranched alkanes of at least 4 members (excludes halogenated alkanes) is 3. The molecule has 0 aliphatic rings. The largest absolute Gasteiger partial charge is 0.494 e. The predicted molar refractivity (Wildman–Crippen MR) is 123 cm³/mol. The van der Waals surface area contributed by atoms with Crippen molar-refractivity contribution < 1.29 is 9.53 Å². The zero-order chi connectivity index (χ0) is 21.6. The molecule has 0 radical (unpaired) electrons. The summed E-state index contributed by atoms with van der Waals surface area (Å²) in [5, 5.41) is 12.0. The first-order chi connectivity index (χ1) is 14.6. The second kappa shape index (κ2) is 13.3. The van der Waals surface area contributed by atoms with Gasteiger partial charge in [0.15, 0.2) is 5.11 Å². The Balaban J connectivity index is 1.90. The summed E-state index contributed by atoms with van der Waals surface area (Å²) in [7, 11) is 0. The molecule has 0 spiro atoms.